The highest BCUT2D eigenvalue weighted by molar-refractivity contribution is 9.10. The number of pyridine rings is 1. The Kier molecular flexibility index (Phi) is 3.91. The average Bonchev–Trinajstić information content (AvgIpc) is 2.34. The maximum atomic E-state index is 5.76. The number of rotatable bonds is 3. The van der Waals surface area contributed by atoms with E-state index in [0.717, 1.165) is 14.4 Å². The molecule has 0 atom stereocenters. The summed E-state index contributed by atoms with van der Waals surface area (Å²) in [4.78, 5) is 5.34. The molecule has 0 bridgehead atoms. The number of anilines is 1. The second-order valence-electron chi connectivity index (χ2n) is 3.32. The zero-order valence-corrected chi connectivity index (χ0v) is 11.6. The Balaban J connectivity index is 2.21. The van der Waals surface area contributed by atoms with Gasteiger partial charge in [0.2, 0.25) is 0 Å². The lowest BCUT2D eigenvalue weighted by Gasteiger charge is -2.06. The molecule has 0 fully saturated rings. The van der Waals surface area contributed by atoms with Gasteiger partial charge in [0.15, 0.2) is 0 Å². The van der Waals surface area contributed by atoms with E-state index in [1.807, 2.05) is 30.3 Å². The molecule has 1 aromatic heterocycles. The fraction of sp³-hybridized carbons (Fsp3) is 0.0833. The molecule has 2 N–H and O–H groups in total. The molecule has 88 valence electrons. The van der Waals surface area contributed by atoms with Gasteiger partial charge in [0, 0.05) is 15.6 Å². The van der Waals surface area contributed by atoms with Gasteiger partial charge in [-0.2, -0.15) is 0 Å². The molecule has 0 saturated carbocycles. The van der Waals surface area contributed by atoms with Gasteiger partial charge in [-0.05, 0) is 46.3 Å². The number of hydrogen-bond donors (Lipinski definition) is 1. The van der Waals surface area contributed by atoms with Crippen LogP contribution in [-0.2, 0) is 0 Å². The number of benzene rings is 1. The maximum absolute atomic E-state index is 5.76. The molecule has 2 rings (SSSR count). The van der Waals surface area contributed by atoms with Crippen LogP contribution in [0.3, 0.4) is 0 Å². The van der Waals surface area contributed by atoms with E-state index >= 15 is 0 Å². The Hall–Kier alpha value is -1.20. The summed E-state index contributed by atoms with van der Waals surface area (Å²) >= 11 is 4.92. The molecule has 0 radical (unpaired) electrons. The Morgan fingerprint density at radius 1 is 1.29 bits per heavy atom. The van der Waals surface area contributed by atoms with Gasteiger partial charge in [0.1, 0.15) is 10.8 Å². The fourth-order valence-electron chi connectivity index (χ4n) is 1.30. The Morgan fingerprint density at radius 3 is 2.76 bits per heavy atom. The summed E-state index contributed by atoms with van der Waals surface area (Å²) in [7, 11) is 1.61. The minimum absolute atomic E-state index is 0.639. The van der Waals surface area contributed by atoms with Crippen LogP contribution in [0.15, 0.2) is 50.9 Å². The molecule has 17 heavy (non-hydrogen) atoms. The molecular weight excluding hydrogens is 300 g/mol. The molecule has 3 nitrogen and oxygen atoms in total. The quantitative estimate of drug-likeness (QED) is 0.880. The second-order valence-corrected chi connectivity index (χ2v) is 5.33. The van der Waals surface area contributed by atoms with Gasteiger partial charge in [0.25, 0.3) is 0 Å². The van der Waals surface area contributed by atoms with Crippen molar-refractivity contribution in [1.82, 2.24) is 4.98 Å². The number of nitrogens with zero attached hydrogens (tertiary/aromatic N) is 1. The van der Waals surface area contributed by atoms with E-state index in [0.29, 0.717) is 11.4 Å². The summed E-state index contributed by atoms with van der Waals surface area (Å²) < 4.78 is 6.15. The maximum Gasteiger partial charge on any atom is 0.142 e. The van der Waals surface area contributed by atoms with Crippen molar-refractivity contribution in [3.63, 3.8) is 0 Å². The van der Waals surface area contributed by atoms with Crippen molar-refractivity contribution >= 4 is 33.4 Å². The fourth-order valence-corrected chi connectivity index (χ4v) is 2.32. The van der Waals surface area contributed by atoms with Crippen LogP contribution in [-0.4, -0.2) is 12.1 Å². The minimum atomic E-state index is 0.639. The van der Waals surface area contributed by atoms with E-state index in [2.05, 4.69) is 20.9 Å². The molecule has 2 aromatic rings. The third-order valence-corrected chi connectivity index (χ3v) is 3.54. The van der Waals surface area contributed by atoms with Crippen LogP contribution in [0.2, 0.25) is 0 Å². The molecule has 0 spiro atoms. The van der Waals surface area contributed by atoms with Crippen molar-refractivity contribution in [1.29, 1.82) is 0 Å². The van der Waals surface area contributed by atoms with E-state index in [9.17, 15) is 0 Å². The normalized spacial score (nSPS) is 10.2. The van der Waals surface area contributed by atoms with Crippen molar-refractivity contribution in [2.75, 3.05) is 12.8 Å². The van der Waals surface area contributed by atoms with Gasteiger partial charge in [-0.25, -0.2) is 4.98 Å². The second kappa shape index (κ2) is 5.42. The van der Waals surface area contributed by atoms with E-state index in [-0.39, 0.29) is 0 Å². The number of methoxy groups -OCH3 is 1. The molecule has 0 amide bonds. The first-order chi connectivity index (χ1) is 8.19. The van der Waals surface area contributed by atoms with E-state index in [1.165, 1.54) is 0 Å². The number of aromatic nitrogens is 1. The lowest BCUT2D eigenvalue weighted by molar-refractivity contribution is 0.416. The topological polar surface area (TPSA) is 48.1 Å². The summed E-state index contributed by atoms with van der Waals surface area (Å²) in [6, 6.07) is 9.61. The monoisotopic (exact) mass is 310 g/mol. The molecule has 1 heterocycles. The van der Waals surface area contributed by atoms with Gasteiger partial charge < -0.3 is 10.5 Å². The third kappa shape index (κ3) is 3.14. The van der Waals surface area contributed by atoms with Crippen molar-refractivity contribution in [3.05, 3.63) is 41.0 Å². The lowest BCUT2D eigenvalue weighted by Crippen LogP contribution is -1.91. The standard InChI is InChI=1S/C12H11BrN2OS/c1-16-11-6-9(3-4-10(11)14)17-12-5-2-8(13)7-15-12/h2-7H,14H2,1H3. The Morgan fingerprint density at radius 2 is 2.12 bits per heavy atom. The first-order valence-corrected chi connectivity index (χ1v) is 6.53. The van der Waals surface area contributed by atoms with Crippen molar-refractivity contribution in [2.24, 2.45) is 0 Å². The first-order valence-electron chi connectivity index (χ1n) is 4.92. The van der Waals surface area contributed by atoms with Crippen LogP contribution in [0.25, 0.3) is 0 Å². The molecule has 1 aromatic carbocycles. The van der Waals surface area contributed by atoms with Gasteiger partial charge in [-0.15, -0.1) is 0 Å². The molecule has 0 unspecified atom stereocenters. The summed E-state index contributed by atoms with van der Waals surface area (Å²) in [6.45, 7) is 0. The van der Waals surface area contributed by atoms with Gasteiger partial charge in [-0.1, -0.05) is 11.8 Å². The van der Waals surface area contributed by atoms with Crippen LogP contribution in [0.5, 0.6) is 5.75 Å². The van der Waals surface area contributed by atoms with Gasteiger partial charge in [0.05, 0.1) is 12.8 Å². The molecule has 0 aliphatic carbocycles. The van der Waals surface area contributed by atoms with E-state index in [4.69, 9.17) is 10.5 Å². The highest BCUT2D eigenvalue weighted by atomic mass is 79.9. The van der Waals surface area contributed by atoms with Crippen molar-refractivity contribution < 1.29 is 4.74 Å². The number of hydrogen-bond acceptors (Lipinski definition) is 4. The zero-order chi connectivity index (χ0) is 12.3. The smallest absolute Gasteiger partial charge is 0.142 e. The summed E-state index contributed by atoms with van der Waals surface area (Å²) in [5.74, 6) is 0.687. The minimum Gasteiger partial charge on any atom is -0.495 e. The van der Waals surface area contributed by atoms with E-state index < -0.39 is 0 Å². The number of ether oxygens (including phenoxy) is 1. The van der Waals surface area contributed by atoms with Crippen molar-refractivity contribution in [3.8, 4) is 5.75 Å². The van der Waals surface area contributed by atoms with Crippen LogP contribution in [0.1, 0.15) is 0 Å². The number of nitrogens with two attached hydrogens (primary N) is 1. The first kappa shape index (κ1) is 12.3. The third-order valence-electron chi connectivity index (χ3n) is 2.13. The average molecular weight is 311 g/mol. The van der Waals surface area contributed by atoms with E-state index in [1.54, 1.807) is 25.1 Å². The molecule has 0 saturated heterocycles. The highest BCUT2D eigenvalue weighted by Gasteiger charge is 2.03. The lowest BCUT2D eigenvalue weighted by atomic mass is 10.3. The molecular formula is C12H11BrN2OS. The van der Waals surface area contributed by atoms with Crippen molar-refractivity contribution in [2.45, 2.75) is 9.92 Å². The zero-order valence-electron chi connectivity index (χ0n) is 9.18. The summed E-state index contributed by atoms with van der Waals surface area (Å²) in [6.07, 6.45) is 1.77. The van der Waals surface area contributed by atoms with Crippen LogP contribution >= 0.6 is 27.7 Å². The SMILES string of the molecule is COc1cc(Sc2ccc(Br)cn2)ccc1N. The van der Waals surface area contributed by atoms with Crippen LogP contribution in [0.4, 0.5) is 5.69 Å². The largest absolute Gasteiger partial charge is 0.495 e. The summed E-state index contributed by atoms with van der Waals surface area (Å²) in [5, 5.41) is 0.931. The van der Waals surface area contributed by atoms with Crippen LogP contribution in [0, 0.1) is 0 Å². The highest BCUT2D eigenvalue weighted by Crippen LogP contribution is 2.32. The van der Waals surface area contributed by atoms with Crippen LogP contribution < -0.4 is 10.5 Å². The molecule has 0 aliphatic heterocycles. The van der Waals surface area contributed by atoms with Gasteiger partial charge >= 0.3 is 0 Å². The predicted molar refractivity (Wildman–Crippen MR) is 73.5 cm³/mol. The predicted octanol–water partition coefficient (Wildman–Crippen LogP) is 3.59. The molecule has 0 aliphatic rings. The number of halogens is 1. The molecule has 5 heteroatoms. The Labute approximate surface area is 113 Å². The summed E-state index contributed by atoms with van der Waals surface area (Å²) in [5.41, 5.74) is 6.40. The van der Waals surface area contributed by atoms with Gasteiger partial charge in [-0.3, -0.25) is 0 Å². The number of nitrogen functional groups attached to an aromatic ring is 1. The Bertz CT molecular complexity index is 516.